The summed E-state index contributed by atoms with van der Waals surface area (Å²) >= 11 is 7.34. The van der Waals surface area contributed by atoms with Crippen LogP contribution in [0.4, 0.5) is 0 Å². The fourth-order valence-corrected chi connectivity index (χ4v) is 1.74. The predicted molar refractivity (Wildman–Crippen MR) is 56.8 cm³/mol. The second-order valence-corrected chi connectivity index (χ2v) is 3.82. The summed E-state index contributed by atoms with van der Waals surface area (Å²) in [6.45, 7) is 2.03. The van der Waals surface area contributed by atoms with Crippen molar-refractivity contribution in [2.45, 2.75) is 11.8 Å². The van der Waals surface area contributed by atoms with Gasteiger partial charge in [0.2, 0.25) is 0 Å². The first-order chi connectivity index (χ1) is 5.83. The van der Waals surface area contributed by atoms with Crippen molar-refractivity contribution in [2.75, 3.05) is 5.75 Å². The van der Waals surface area contributed by atoms with Gasteiger partial charge in [0.1, 0.15) is 0 Å². The minimum Gasteiger partial charge on any atom is -0.122 e. The van der Waals surface area contributed by atoms with Gasteiger partial charge in [-0.25, -0.2) is 0 Å². The zero-order valence-electron chi connectivity index (χ0n) is 6.96. The Morgan fingerprint density at radius 1 is 1.42 bits per heavy atom. The Labute approximate surface area is 82.6 Å². The molecule has 0 aliphatic heterocycles. The quantitative estimate of drug-likeness (QED) is 0.664. The first kappa shape index (κ1) is 9.69. The molecule has 2 heteroatoms. The highest BCUT2D eigenvalue weighted by Gasteiger charge is 1.92. The fraction of sp³-hybridized carbons (Fsp3) is 0.200. The van der Waals surface area contributed by atoms with Crippen molar-refractivity contribution in [3.8, 4) is 0 Å². The second-order valence-electron chi connectivity index (χ2n) is 2.56. The van der Waals surface area contributed by atoms with E-state index in [2.05, 4.69) is 12.1 Å². The molecule has 0 heterocycles. The van der Waals surface area contributed by atoms with E-state index in [1.54, 1.807) is 17.3 Å². The van der Waals surface area contributed by atoms with Gasteiger partial charge in [-0.05, 0) is 19.1 Å². The zero-order valence-corrected chi connectivity index (χ0v) is 8.53. The molecule has 64 valence electrons. The van der Waals surface area contributed by atoms with Crippen LogP contribution in [0.3, 0.4) is 0 Å². The third-order valence-corrected chi connectivity index (χ3v) is 2.97. The smallest absolute Gasteiger partial charge is 0.0199 e. The lowest BCUT2D eigenvalue weighted by Crippen LogP contribution is -1.79. The number of rotatable bonds is 3. The molecule has 0 unspecified atom stereocenters. The van der Waals surface area contributed by atoms with E-state index in [1.165, 1.54) is 10.5 Å². The summed E-state index contributed by atoms with van der Waals surface area (Å²) in [5, 5.41) is 0. The van der Waals surface area contributed by atoms with Gasteiger partial charge in [0, 0.05) is 16.2 Å². The van der Waals surface area contributed by atoms with Crippen LogP contribution in [0.5, 0.6) is 0 Å². The maximum absolute atomic E-state index is 5.54. The van der Waals surface area contributed by atoms with Crippen molar-refractivity contribution in [2.24, 2.45) is 0 Å². The molecule has 0 bridgehead atoms. The topological polar surface area (TPSA) is 0 Å². The minimum atomic E-state index is 0.966. The van der Waals surface area contributed by atoms with E-state index in [4.69, 9.17) is 11.6 Å². The molecule has 1 aromatic rings. The lowest BCUT2D eigenvalue weighted by atomic mass is 10.4. The van der Waals surface area contributed by atoms with Crippen molar-refractivity contribution < 1.29 is 0 Å². The van der Waals surface area contributed by atoms with Gasteiger partial charge in [-0.2, -0.15) is 0 Å². The van der Waals surface area contributed by atoms with Crippen LogP contribution < -0.4 is 0 Å². The Morgan fingerprint density at radius 3 is 2.67 bits per heavy atom. The van der Waals surface area contributed by atoms with E-state index in [-0.39, 0.29) is 0 Å². The van der Waals surface area contributed by atoms with Gasteiger partial charge in [0.15, 0.2) is 0 Å². The predicted octanol–water partition coefficient (Wildman–Crippen LogP) is 3.92. The summed E-state index contributed by atoms with van der Waals surface area (Å²) in [6.07, 6.45) is 0. The Bertz CT molecular complexity index is 254. The third kappa shape index (κ3) is 3.33. The van der Waals surface area contributed by atoms with Crippen LogP contribution in [-0.4, -0.2) is 5.75 Å². The molecule has 0 nitrogen and oxygen atoms in total. The molecule has 0 aromatic heterocycles. The summed E-state index contributed by atoms with van der Waals surface area (Å²) in [5.41, 5.74) is 2.83. The number of thioether (sulfide) groups is 1. The molecule has 0 saturated carbocycles. The lowest BCUT2D eigenvalue weighted by Gasteiger charge is -1.99. The van der Waals surface area contributed by atoms with E-state index in [0.717, 1.165) is 5.75 Å². The molecule has 0 aliphatic carbocycles. The molecule has 0 fully saturated rings. The molecule has 0 radical (unpaired) electrons. The van der Waals surface area contributed by atoms with Gasteiger partial charge < -0.3 is 0 Å². The first-order valence-electron chi connectivity index (χ1n) is 3.76. The van der Waals surface area contributed by atoms with Crippen molar-refractivity contribution >= 4 is 23.4 Å². The van der Waals surface area contributed by atoms with Crippen LogP contribution in [0.2, 0.25) is 0 Å². The average molecular weight is 199 g/mol. The van der Waals surface area contributed by atoms with Crippen LogP contribution in [-0.2, 0) is 0 Å². The molecule has 0 atom stereocenters. The summed E-state index contributed by atoms with van der Waals surface area (Å²) in [7, 11) is 0. The third-order valence-electron chi connectivity index (χ3n) is 1.40. The molecular formula is C10H11ClS. The Kier molecular flexibility index (Phi) is 4.26. The highest BCUT2D eigenvalue weighted by molar-refractivity contribution is 7.99. The van der Waals surface area contributed by atoms with Gasteiger partial charge in [0.25, 0.3) is 0 Å². The fourth-order valence-electron chi connectivity index (χ4n) is 0.745. The molecular weight excluding hydrogens is 188 g/mol. The highest BCUT2D eigenvalue weighted by atomic mass is 35.5. The minimum absolute atomic E-state index is 0.966. The molecule has 1 aromatic carbocycles. The van der Waals surface area contributed by atoms with E-state index in [0.29, 0.717) is 0 Å². The standard InChI is InChI=1S/C10H11ClS/c1-9(7-11)8-12-10-5-3-2-4-6-10/h2-7H,8H2,1H3/b9-7-. The normalized spacial score (nSPS) is 11.7. The molecule has 0 N–H and O–H groups in total. The monoisotopic (exact) mass is 198 g/mol. The van der Waals surface area contributed by atoms with Gasteiger partial charge in [-0.15, -0.1) is 11.8 Å². The van der Waals surface area contributed by atoms with Crippen LogP contribution in [0.25, 0.3) is 0 Å². The molecule has 0 amide bonds. The largest absolute Gasteiger partial charge is 0.122 e. The van der Waals surface area contributed by atoms with E-state index >= 15 is 0 Å². The highest BCUT2D eigenvalue weighted by Crippen LogP contribution is 2.19. The van der Waals surface area contributed by atoms with E-state index < -0.39 is 0 Å². The zero-order chi connectivity index (χ0) is 8.81. The van der Waals surface area contributed by atoms with Crippen LogP contribution in [0, 0.1) is 0 Å². The number of benzene rings is 1. The van der Waals surface area contributed by atoms with Crippen molar-refractivity contribution in [1.29, 1.82) is 0 Å². The Balaban J connectivity index is 2.44. The van der Waals surface area contributed by atoms with Gasteiger partial charge >= 0.3 is 0 Å². The van der Waals surface area contributed by atoms with Crippen LogP contribution >= 0.6 is 23.4 Å². The Hall–Kier alpha value is -0.400. The average Bonchev–Trinajstić information content (AvgIpc) is 2.16. The molecule has 0 saturated heterocycles. The summed E-state index contributed by atoms with van der Waals surface area (Å²) in [5.74, 6) is 0.966. The van der Waals surface area contributed by atoms with Gasteiger partial charge in [-0.3, -0.25) is 0 Å². The van der Waals surface area contributed by atoms with Gasteiger partial charge in [0.05, 0.1) is 0 Å². The van der Waals surface area contributed by atoms with Crippen LogP contribution in [0.15, 0.2) is 46.3 Å². The van der Waals surface area contributed by atoms with Crippen LogP contribution in [0.1, 0.15) is 6.92 Å². The van der Waals surface area contributed by atoms with E-state index in [1.807, 2.05) is 25.1 Å². The molecule has 1 rings (SSSR count). The first-order valence-corrected chi connectivity index (χ1v) is 5.19. The summed E-state index contributed by atoms with van der Waals surface area (Å²) < 4.78 is 0. The summed E-state index contributed by atoms with van der Waals surface area (Å²) in [4.78, 5) is 1.29. The summed E-state index contributed by atoms with van der Waals surface area (Å²) in [6, 6.07) is 10.3. The number of halogens is 1. The van der Waals surface area contributed by atoms with E-state index in [9.17, 15) is 0 Å². The molecule has 0 aliphatic rings. The van der Waals surface area contributed by atoms with Crippen molar-refractivity contribution in [1.82, 2.24) is 0 Å². The molecule has 12 heavy (non-hydrogen) atoms. The van der Waals surface area contributed by atoms with Crippen molar-refractivity contribution in [3.05, 3.63) is 41.4 Å². The SMILES string of the molecule is C/C(=C/Cl)CSc1ccccc1. The van der Waals surface area contributed by atoms with Gasteiger partial charge in [-0.1, -0.05) is 35.4 Å². The second kappa shape index (κ2) is 5.28. The number of hydrogen-bond donors (Lipinski definition) is 0. The van der Waals surface area contributed by atoms with Crippen molar-refractivity contribution in [3.63, 3.8) is 0 Å². The maximum Gasteiger partial charge on any atom is 0.0199 e. The number of hydrogen-bond acceptors (Lipinski definition) is 1. The maximum atomic E-state index is 5.54. The lowest BCUT2D eigenvalue weighted by molar-refractivity contribution is 1.40. The Morgan fingerprint density at radius 2 is 2.08 bits per heavy atom. The molecule has 0 spiro atoms.